The van der Waals surface area contributed by atoms with Crippen LogP contribution in [0.3, 0.4) is 0 Å². The molecule has 0 spiro atoms. The second kappa shape index (κ2) is 7.53. The van der Waals surface area contributed by atoms with E-state index in [2.05, 4.69) is 91.9 Å². The van der Waals surface area contributed by atoms with Crippen molar-refractivity contribution >= 4 is 28.7 Å². The Balaban J connectivity index is 1.44. The molecule has 3 aliphatic rings. The van der Waals surface area contributed by atoms with Gasteiger partial charge in [0.15, 0.2) is 0 Å². The summed E-state index contributed by atoms with van der Waals surface area (Å²) in [5.74, 6) is 3.66. The fraction of sp³-hybridized carbons (Fsp3) is 0.0968. The zero-order valence-corrected chi connectivity index (χ0v) is 19.0. The summed E-state index contributed by atoms with van der Waals surface area (Å²) < 4.78 is 13.1. The largest absolute Gasteiger partial charge is 0.458 e. The van der Waals surface area contributed by atoms with Crippen LogP contribution in [0.4, 0.5) is 0 Å². The molecule has 4 aromatic rings. The van der Waals surface area contributed by atoms with E-state index in [-0.39, 0.29) is 6.71 Å². The van der Waals surface area contributed by atoms with Gasteiger partial charge in [0.05, 0.1) is 0 Å². The van der Waals surface area contributed by atoms with E-state index in [1.54, 1.807) is 0 Å². The molecule has 4 aromatic carbocycles. The molecule has 0 atom stereocenters. The van der Waals surface area contributed by atoms with E-state index in [9.17, 15) is 0 Å². The Morgan fingerprint density at radius 1 is 0.706 bits per heavy atom. The molecular weight excluding hydrogens is 415 g/mol. The lowest BCUT2D eigenvalue weighted by Crippen LogP contribution is -2.57. The van der Waals surface area contributed by atoms with Crippen molar-refractivity contribution in [2.75, 3.05) is 0 Å². The van der Waals surface area contributed by atoms with Gasteiger partial charge in [-0.1, -0.05) is 84.5 Å². The van der Waals surface area contributed by atoms with Gasteiger partial charge in [-0.25, -0.2) is 0 Å². The van der Waals surface area contributed by atoms with E-state index in [1.165, 1.54) is 33.2 Å². The second-order valence-corrected chi connectivity index (χ2v) is 9.28. The minimum atomic E-state index is 0.0805. The van der Waals surface area contributed by atoms with Crippen LogP contribution < -0.4 is 25.9 Å². The van der Waals surface area contributed by atoms with Crippen LogP contribution in [0.5, 0.6) is 23.0 Å². The summed E-state index contributed by atoms with van der Waals surface area (Å²) in [5, 5.41) is 0. The summed E-state index contributed by atoms with van der Waals surface area (Å²) in [6.45, 7) is 2.32. The molecular formula is C31H23BO2. The third-order valence-corrected chi connectivity index (χ3v) is 7.26. The zero-order valence-electron chi connectivity index (χ0n) is 19.0. The van der Waals surface area contributed by atoms with Crippen LogP contribution in [0.25, 0.3) is 16.7 Å². The van der Waals surface area contributed by atoms with Gasteiger partial charge in [0.25, 0.3) is 6.71 Å². The van der Waals surface area contributed by atoms with Gasteiger partial charge >= 0.3 is 0 Å². The first kappa shape index (κ1) is 19.5. The van der Waals surface area contributed by atoms with Gasteiger partial charge < -0.3 is 9.47 Å². The highest BCUT2D eigenvalue weighted by Crippen LogP contribution is 2.40. The molecule has 0 radical (unpaired) electrons. The molecule has 34 heavy (non-hydrogen) atoms. The molecule has 0 unspecified atom stereocenters. The molecule has 0 saturated carbocycles. The van der Waals surface area contributed by atoms with Crippen LogP contribution in [0.15, 0.2) is 103 Å². The lowest BCUT2D eigenvalue weighted by atomic mass is 9.34. The normalized spacial score (nSPS) is 15.1. The maximum atomic E-state index is 6.62. The van der Waals surface area contributed by atoms with Gasteiger partial charge in [-0.3, -0.25) is 0 Å². The Labute approximate surface area is 200 Å². The van der Waals surface area contributed by atoms with Crippen molar-refractivity contribution < 1.29 is 9.47 Å². The Bertz CT molecular complexity index is 1510. The monoisotopic (exact) mass is 438 g/mol. The lowest BCUT2D eigenvalue weighted by Gasteiger charge is -2.34. The molecule has 2 aliphatic heterocycles. The summed E-state index contributed by atoms with van der Waals surface area (Å²) in [5.41, 5.74) is 9.74. The van der Waals surface area contributed by atoms with Gasteiger partial charge in [-0.15, -0.1) is 0 Å². The fourth-order valence-corrected chi connectivity index (χ4v) is 5.57. The average molecular weight is 438 g/mol. The van der Waals surface area contributed by atoms with E-state index < -0.39 is 0 Å². The van der Waals surface area contributed by atoms with Crippen LogP contribution in [0, 0.1) is 0 Å². The summed E-state index contributed by atoms with van der Waals surface area (Å²) in [7, 11) is 0. The van der Waals surface area contributed by atoms with Crippen LogP contribution in [-0.4, -0.2) is 6.71 Å². The Kier molecular flexibility index (Phi) is 4.32. The third-order valence-electron chi connectivity index (χ3n) is 7.26. The summed E-state index contributed by atoms with van der Waals surface area (Å²) >= 11 is 0. The van der Waals surface area contributed by atoms with Gasteiger partial charge in [0.2, 0.25) is 0 Å². The highest BCUT2D eigenvalue weighted by molar-refractivity contribution is 6.98. The number of fused-ring (bicyclic) bond motifs is 4. The molecule has 3 heteroatoms. The summed E-state index contributed by atoms with van der Waals surface area (Å²) in [6.07, 6.45) is 6.73. The first-order valence-electron chi connectivity index (χ1n) is 12.0. The quantitative estimate of drug-likeness (QED) is 0.300. The van der Waals surface area contributed by atoms with Gasteiger partial charge in [0.1, 0.15) is 23.0 Å². The van der Waals surface area contributed by atoms with Crippen LogP contribution in [0.2, 0.25) is 0 Å². The Hall–Kier alpha value is -3.98. The zero-order chi connectivity index (χ0) is 22.6. The van der Waals surface area contributed by atoms with Crippen molar-refractivity contribution in [3.8, 4) is 34.1 Å². The molecule has 0 amide bonds. The second-order valence-electron chi connectivity index (χ2n) is 9.28. The van der Waals surface area contributed by atoms with Crippen molar-refractivity contribution in [1.29, 1.82) is 0 Å². The van der Waals surface area contributed by atoms with E-state index in [1.807, 2.05) is 12.1 Å². The Morgan fingerprint density at radius 2 is 1.53 bits per heavy atom. The molecule has 162 valence electrons. The minimum Gasteiger partial charge on any atom is -0.458 e. The molecule has 0 aromatic heterocycles. The van der Waals surface area contributed by atoms with E-state index in [0.717, 1.165) is 46.9 Å². The molecule has 0 bridgehead atoms. The molecule has 1 aliphatic carbocycles. The highest BCUT2D eigenvalue weighted by Gasteiger charge is 2.40. The standard InChI is InChI=1S/C31H23BO2/c1-20-9-5-6-12-23(20)24-13-7-14-26-31(24)34-28-16-8-15-27-30(28)32(26)25-18-17-22(19-29(25)33-27)21-10-3-2-4-11-21/h2-4,6-8,10-19H,5,9H2,1H3. The van der Waals surface area contributed by atoms with E-state index in [0.29, 0.717) is 0 Å². The predicted molar refractivity (Wildman–Crippen MR) is 141 cm³/mol. The number of benzene rings is 4. The van der Waals surface area contributed by atoms with E-state index >= 15 is 0 Å². The smallest absolute Gasteiger partial charge is 0.260 e. The van der Waals surface area contributed by atoms with Crippen molar-refractivity contribution in [3.05, 3.63) is 108 Å². The maximum Gasteiger partial charge on any atom is 0.260 e. The summed E-state index contributed by atoms with van der Waals surface area (Å²) in [4.78, 5) is 0. The Morgan fingerprint density at radius 3 is 2.38 bits per heavy atom. The molecule has 2 nitrogen and oxygen atoms in total. The van der Waals surface area contributed by atoms with Crippen LogP contribution in [0.1, 0.15) is 25.3 Å². The third kappa shape index (κ3) is 2.90. The predicted octanol–water partition coefficient (Wildman–Crippen LogP) is 6.20. The summed E-state index contributed by atoms with van der Waals surface area (Å²) in [6, 6.07) is 29.8. The molecule has 7 rings (SSSR count). The number of allylic oxidation sites excluding steroid dienone is 4. The van der Waals surface area contributed by atoms with Crippen LogP contribution >= 0.6 is 0 Å². The number of hydrogen-bond acceptors (Lipinski definition) is 2. The number of rotatable bonds is 2. The van der Waals surface area contributed by atoms with Gasteiger partial charge in [-0.2, -0.15) is 0 Å². The molecule has 0 N–H and O–H groups in total. The lowest BCUT2D eigenvalue weighted by molar-refractivity contribution is 0.464. The van der Waals surface area contributed by atoms with Crippen molar-refractivity contribution in [2.24, 2.45) is 0 Å². The molecule has 0 fully saturated rings. The van der Waals surface area contributed by atoms with Crippen molar-refractivity contribution in [3.63, 3.8) is 0 Å². The van der Waals surface area contributed by atoms with Gasteiger partial charge in [0, 0.05) is 11.0 Å². The van der Waals surface area contributed by atoms with E-state index in [4.69, 9.17) is 9.47 Å². The van der Waals surface area contributed by atoms with Crippen molar-refractivity contribution in [2.45, 2.75) is 19.8 Å². The minimum absolute atomic E-state index is 0.0805. The molecule has 2 heterocycles. The average Bonchev–Trinajstić information content (AvgIpc) is 2.89. The first-order valence-corrected chi connectivity index (χ1v) is 12.0. The van der Waals surface area contributed by atoms with Crippen molar-refractivity contribution in [1.82, 2.24) is 0 Å². The van der Waals surface area contributed by atoms with Crippen LogP contribution in [-0.2, 0) is 0 Å². The van der Waals surface area contributed by atoms with Gasteiger partial charge in [-0.05, 0) is 65.6 Å². The number of para-hydroxylation sites is 1. The topological polar surface area (TPSA) is 18.5 Å². The maximum absolute atomic E-state index is 6.62. The SMILES string of the molecule is CC1=C(c2cccc3c2Oc2cccc4c2B3c2ccc(-c3ccccc3)cc2O4)C=CCC1. The number of ether oxygens (including phenoxy) is 2. The highest BCUT2D eigenvalue weighted by atomic mass is 16.5. The fourth-order valence-electron chi connectivity index (χ4n) is 5.57. The molecule has 0 saturated heterocycles. The number of hydrogen-bond donors (Lipinski definition) is 0. The first-order chi connectivity index (χ1) is 16.8.